The first-order chi connectivity index (χ1) is 5.58. The van der Waals surface area contributed by atoms with Crippen LogP contribution in [-0.4, -0.2) is 31.5 Å². The minimum atomic E-state index is -5.33. The van der Waals surface area contributed by atoms with Crippen molar-refractivity contribution in [3.8, 4) is 0 Å². The Balaban J connectivity index is 3.03. The fraction of sp³-hybridized carbons (Fsp3) is 1.00. The van der Waals surface area contributed by atoms with Crippen LogP contribution < -0.4 is 0 Å². The number of alkyl halides is 5. The van der Waals surface area contributed by atoms with Crippen LogP contribution in [0, 0.1) is 0 Å². The van der Waals surface area contributed by atoms with Crippen molar-refractivity contribution in [2.75, 3.05) is 5.75 Å². The summed E-state index contributed by atoms with van der Waals surface area (Å²) >= 11 is 0. The molecule has 1 aliphatic heterocycles. The van der Waals surface area contributed by atoms with Crippen molar-refractivity contribution in [3.05, 3.63) is 0 Å². The van der Waals surface area contributed by atoms with Gasteiger partial charge >= 0.3 is 6.18 Å². The molecule has 0 amide bonds. The number of sulfone groups is 1. The normalized spacial score (nSPS) is 39.3. The highest BCUT2D eigenvalue weighted by Gasteiger charge is 2.65. The van der Waals surface area contributed by atoms with Crippen LogP contribution >= 0.6 is 0 Å². The Bertz CT molecular complexity index is 307. The maximum absolute atomic E-state index is 12.8. The first-order valence-corrected chi connectivity index (χ1v) is 4.91. The second kappa shape index (κ2) is 2.55. The van der Waals surface area contributed by atoms with Gasteiger partial charge in [0, 0.05) is 6.42 Å². The summed E-state index contributed by atoms with van der Waals surface area (Å²) in [6.45, 7) is 0. The molecule has 0 aliphatic carbocycles. The molecule has 1 aliphatic rings. The summed E-state index contributed by atoms with van der Waals surface area (Å²) in [5.74, 6) is -1.81. The third-order valence-electron chi connectivity index (χ3n) is 1.81. The van der Waals surface area contributed by atoms with Crippen molar-refractivity contribution in [3.63, 3.8) is 0 Å². The summed E-state index contributed by atoms with van der Waals surface area (Å²) < 4.78 is 81.8. The molecule has 0 aromatic rings. The van der Waals surface area contributed by atoms with E-state index < -0.39 is 39.4 Å². The molecule has 2 nitrogen and oxygen atoms in total. The minimum Gasteiger partial charge on any atom is -0.233 e. The highest BCUT2D eigenvalue weighted by atomic mass is 32.2. The van der Waals surface area contributed by atoms with Crippen LogP contribution in [0.2, 0.25) is 0 Å². The molecule has 1 rings (SSSR count). The lowest BCUT2D eigenvalue weighted by atomic mass is 10.1. The third-order valence-corrected chi connectivity index (χ3v) is 3.62. The van der Waals surface area contributed by atoms with Crippen LogP contribution in [0.25, 0.3) is 0 Å². The van der Waals surface area contributed by atoms with Crippen LogP contribution in [0.15, 0.2) is 0 Å². The maximum atomic E-state index is 12.8. The summed E-state index contributed by atoms with van der Waals surface area (Å²) in [6, 6.07) is 0. The summed E-state index contributed by atoms with van der Waals surface area (Å²) in [4.78, 5) is 0. The molecule has 0 radical (unpaired) electrons. The zero-order valence-electron chi connectivity index (χ0n) is 6.11. The average molecular weight is 224 g/mol. The molecule has 13 heavy (non-hydrogen) atoms. The molecule has 8 heteroatoms. The fourth-order valence-corrected chi connectivity index (χ4v) is 2.67. The lowest BCUT2D eigenvalue weighted by Gasteiger charge is -2.20. The van der Waals surface area contributed by atoms with Crippen molar-refractivity contribution in [2.24, 2.45) is 0 Å². The summed E-state index contributed by atoms with van der Waals surface area (Å²) in [5.41, 5.74) is -6.68. The molecule has 0 aromatic heterocycles. The van der Waals surface area contributed by atoms with Gasteiger partial charge in [-0.2, -0.15) is 13.2 Å². The smallest absolute Gasteiger partial charge is 0.233 e. The fourth-order valence-electron chi connectivity index (χ4n) is 1.05. The Morgan fingerprint density at radius 3 is 1.92 bits per heavy atom. The molecule has 2 atom stereocenters. The number of rotatable bonds is 0. The van der Waals surface area contributed by atoms with Crippen LogP contribution in [0.5, 0.6) is 0 Å². The van der Waals surface area contributed by atoms with E-state index in [1.165, 1.54) is 0 Å². The Morgan fingerprint density at radius 2 is 1.77 bits per heavy atom. The van der Waals surface area contributed by atoms with E-state index in [1.54, 1.807) is 0 Å². The van der Waals surface area contributed by atoms with E-state index in [4.69, 9.17) is 0 Å². The third kappa shape index (κ3) is 1.63. The molecule has 0 bridgehead atoms. The Morgan fingerprint density at radius 1 is 1.31 bits per heavy atom. The Labute approximate surface area is 70.6 Å². The molecule has 0 saturated carbocycles. The largest absolute Gasteiger partial charge is 0.423 e. The van der Waals surface area contributed by atoms with E-state index >= 15 is 0 Å². The van der Waals surface area contributed by atoms with Gasteiger partial charge in [0.15, 0.2) is 9.84 Å². The number of halogens is 5. The first kappa shape index (κ1) is 10.7. The van der Waals surface area contributed by atoms with Gasteiger partial charge in [-0.15, -0.1) is 0 Å². The minimum absolute atomic E-state index is 1.65. The molecule has 1 saturated heterocycles. The Kier molecular flexibility index (Phi) is 2.10. The summed E-state index contributed by atoms with van der Waals surface area (Å²) in [6.07, 6.45) is -6.99. The van der Waals surface area contributed by atoms with E-state index in [1.807, 2.05) is 0 Å². The van der Waals surface area contributed by atoms with Gasteiger partial charge in [0.25, 0.3) is 0 Å². The van der Waals surface area contributed by atoms with Gasteiger partial charge in [-0.1, -0.05) is 0 Å². The highest BCUT2D eigenvalue weighted by Crippen LogP contribution is 2.45. The highest BCUT2D eigenvalue weighted by molar-refractivity contribution is 7.92. The molecule has 0 spiro atoms. The SMILES string of the molecule is O=S1(=O)CC(F)(C(F)(F)F)CC1F. The Hall–Kier alpha value is -0.400. The van der Waals surface area contributed by atoms with Gasteiger partial charge in [-0.05, 0) is 0 Å². The standard InChI is InChI=1S/C5H5F5O2S/c6-3-1-4(7,5(8,9)10)2-13(3,11)12/h3H,1-2H2. The second-order valence-corrected chi connectivity index (χ2v) is 5.01. The summed E-state index contributed by atoms with van der Waals surface area (Å²) in [7, 11) is -4.58. The first-order valence-electron chi connectivity index (χ1n) is 3.20. The van der Waals surface area contributed by atoms with Crippen molar-refractivity contribution >= 4 is 9.84 Å². The quantitative estimate of drug-likeness (QED) is 0.582. The van der Waals surface area contributed by atoms with Gasteiger partial charge in [0.1, 0.15) is 0 Å². The van der Waals surface area contributed by atoms with Gasteiger partial charge in [-0.25, -0.2) is 17.2 Å². The van der Waals surface area contributed by atoms with Crippen molar-refractivity contribution in [1.82, 2.24) is 0 Å². The van der Waals surface area contributed by atoms with Crippen molar-refractivity contribution in [1.29, 1.82) is 0 Å². The van der Waals surface area contributed by atoms with Crippen LogP contribution in [0.3, 0.4) is 0 Å². The molecule has 78 valence electrons. The average Bonchev–Trinajstić information content (AvgIpc) is 2.01. The van der Waals surface area contributed by atoms with Gasteiger partial charge < -0.3 is 0 Å². The molecule has 0 N–H and O–H groups in total. The van der Waals surface area contributed by atoms with E-state index in [0.29, 0.717) is 0 Å². The topological polar surface area (TPSA) is 34.1 Å². The molecule has 1 fully saturated rings. The molecule has 2 unspecified atom stereocenters. The van der Waals surface area contributed by atoms with Crippen LogP contribution in [0.4, 0.5) is 22.0 Å². The van der Waals surface area contributed by atoms with Gasteiger partial charge in [-0.3, -0.25) is 0 Å². The number of hydrogen-bond donors (Lipinski definition) is 0. The van der Waals surface area contributed by atoms with E-state index in [9.17, 15) is 30.4 Å². The predicted octanol–water partition coefficient (Wildman–Crippen LogP) is 1.37. The van der Waals surface area contributed by atoms with Crippen LogP contribution in [0.1, 0.15) is 6.42 Å². The molecule has 1 heterocycles. The van der Waals surface area contributed by atoms with Crippen molar-refractivity contribution in [2.45, 2.75) is 23.8 Å². The van der Waals surface area contributed by atoms with E-state index in [-0.39, 0.29) is 0 Å². The lowest BCUT2D eigenvalue weighted by Crippen LogP contribution is -2.41. The van der Waals surface area contributed by atoms with Crippen molar-refractivity contribution < 1.29 is 30.4 Å². The number of hydrogen-bond acceptors (Lipinski definition) is 2. The predicted molar refractivity (Wildman–Crippen MR) is 33.2 cm³/mol. The lowest BCUT2D eigenvalue weighted by molar-refractivity contribution is -0.222. The van der Waals surface area contributed by atoms with E-state index in [2.05, 4.69) is 0 Å². The van der Waals surface area contributed by atoms with E-state index in [0.717, 1.165) is 0 Å². The zero-order chi connectivity index (χ0) is 10.5. The molecular weight excluding hydrogens is 219 g/mol. The molecule has 0 aromatic carbocycles. The van der Waals surface area contributed by atoms with Gasteiger partial charge in [0.2, 0.25) is 11.2 Å². The zero-order valence-corrected chi connectivity index (χ0v) is 6.92. The summed E-state index contributed by atoms with van der Waals surface area (Å²) in [5, 5.41) is 0. The monoisotopic (exact) mass is 224 g/mol. The maximum Gasteiger partial charge on any atom is 0.423 e. The second-order valence-electron chi connectivity index (χ2n) is 2.88. The van der Waals surface area contributed by atoms with Crippen LogP contribution in [-0.2, 0) is 9.84 Å². The molecular formula is C5H5F5O2S. The van der Waals surface area contributed by atoms with Gasteiger partial charge in [0.05, 0.1) is 5.75 Å².